The van der Waals surface area contributed by atoms with Crippen molar-refractivity contribution in [2.45, 2.75) is 30.0 Å². The van der Waals surface area contributed by atoms with Crippen LogP contribution in [0.4, 0.5) is 0 Å². The summed E-state index contributed by atoms with van der Waals surface area (Å²) in [5.74, 6) is 1.13. The van der Waals surface area contributed by atoms with Crippen LogP contribution in [0.2, 0.25) is 0 Å². The van der Waals surface area contributed by atoms with E-state index in [9.17, 15) is 0 Å². The van der Waals surface area contributed by atoms with Gasteiger partial charge in [0.05, 0.1) is 13.0 Å². The molecule has 0 amide bonds. The lowest BCUT2D eigenvalue weighted by Crippen LogP contribution is -1.96. The molecule has 0 aliphatic carbocycles. The Bertz CT molecular complexity index is 304. The standard InChI is InChI=1S/C10H14ClNOS/c1-7(2)14-10-8(6-11)4-5-9(12-10)13-3/h4-5,7H,6H2,1-3H3. The maximum Gasteiger partial charge on any atom is 0.214 e. The van der Waals surface area contributed by atoms with E-state index in [0.717, 1.165) is 10.6 Å². The highest BCUT2D eigenvalue weighted by Crippen LogP contribution is 2.27. The van der Waals surface area contributed by atoms with E-state index in [1.807, 2.05) is 12.1 Å². The van der Waals surface area contributed by atoms with Gasteiger partial charge in [0.25, 0.3) is 0 Å². The van der Waals surface area contributed by atoms with Gasteiger partial charge in [-0.15, -0.1) is 23.4 Å². The molecule has 1 heterocycles. The Morgan fingerprint density at radius 2 is 2.21 bits per heavy atom. The monoisotopic (exact) mass is 231 g/mol. The number of thioether (sulfide) groups is 1. The van der Waals surface area contributed by atoms with Gasteiger partial charge in [-0.2, -0.15) is 0 Å². The summed E-state index contributed by atoms with van der Waals surface area (Å²) < 4.78 is 5.07. The maximum atomic E-state index is 5.82. The Balaban J connectivity index is 2.96. The Hall–Kier alpha value is -0.410. The molecule has 0 aromatic carbocycles. The van der Waals surface area contributed by atoms with Crippen molar-refractivity contribution in [1.29, 1.82) is 0 Å². The smallest absolute Gasteiger partial charge is 0.214 e. The molecule has 0 spiro atoms. The Labute approximate surface area is 94.0 Å². The van der Waals surface area contributed by atoms with E-state index in [1.165, 1.54) is 0 Å². The van der Waals surface area contributed by atoms with Gasteiger partial charge in [0.15, 0.2) is 0 Å². The van der Waals surface area contributed by atoms with Gasteiger partial charge in [-0.3, -0.25) is 0 Å². The zero-order valence-electron chi connectivity index (χ0n) is 8.58. The lowest BCUT2D eigenvalue weighted by Gasteiger charge is -2.09. The van der Waals surface area contributed by atoms with E-state index in [-0.39, 0.29) is 0 Å². The third kappa shape index (κ3) is 3.07. The van der Waals surface area contributed by atoms with E-state index in [0.29, 0.717) is 17.0 Å². The molecule has 0 saturated carbocycles. The van der Waals surface area contributed by atoms with Crippen LogP contribution in [0.15, 0.2) is 17.2 Å². The van der Waals surface area contributed by atoms with E-state index in [1.54, 1.807) is 18.9 Å². The number of nitrogens with zero attached hydrogens (tertiary/aromatic N) is 1. The molecule has 0 radical (unpaired) electrons. The van der Waals surface area contributed by atoms with Crippen LogP contribution in [0.25, 0.3) is 0 Å². The molecular weight excluding hydrogens is 218 g/mol. The zero-order chi connectivity index (χ0) is 10.6. The first-order valence-corrected chi connectivity index (χ1v) is 5.85. The fourth-order valence-electron chi connectivity index (χ4n) is 0.993. The third-order valence-corrected chi connectivity index (χ3v) is 2.95. The highest BCUT2D eigenvalue weighted by atomic mass is 35.5. The molecule has 0 unspecified atom stereocenters. The zero-order valence-corrected chi connectivity index (χ0v) is 10.2. The number of aromatic nitrogens is 1. The fourth-order valence-corrected chi connectivity index (χ4v) is 2.17. The number of ether oxygens (including phenoxy) is 1. The minimum Gasteiger partial charge on any atom is -0.481 e. The summed E-state index contributed by atoms with van der Waals surface area (Å²) in [4.78, 5) is 4.36. The van der Waals surface area contributed by atoms with Gasteiger partial charge >= 0.3 is 0 Å². The van der Waals surface area contributed by atoms with Crippen LogP contribution in [-0.4, -0.2) is 17.3 Å². The molecule has 1 rings (SSSR count). The van der Waals surface area contributed by atoms with Crippen LogP contribution in [0, 0.1) is 0 Å². The number of pyridine rings is 1. The molecule has 4 heteroatoms. The summed E-state index contributed by atoms with van der Waals surface area (Å²) >= 11 is 7.52. The van der Waals surface area contributed by atoms with Crippen LogP contribution >= 0.6 is 23.4 Å². The quantitative estimate of drug-likeness (QED) is 0.586. The second-order valence-electron chi connectivity index (χ2n) is 3.12. The first kappa shape index (κ1) is 11.7. The van der Waals surface area contributed by atoms with Crippen molar-refractivity contribution < 1.29 is 4.74 Å². The molecular formula is C10H14ClNOS. The molecule has 1 aromatic heterocycles. The molecule has 78 valence electrons. The van der Waals surface area contributed by atoms with Gasteiger partial charge in [0, 0.05) is 11.3 Å². The van der Waals surface area contributed by atoms with Gasteiger partial charge in [-0.05, 0) is 11.6 Å². The van der Waals surface area contributed by atoms with E-state index in [2.05, 4.69) is 18.8 Å². The molecule has 14 heavy (non-hydrogen) atoms. The van der Waals surface area contributed by atoms with E-state index < -0.39 is 0 Å². The van der Waals surface area contributed by atoms with Crippen LogP contribution < -0.4 is 4.74 Å². The number of hydrogen-bond donors (Lipinski definition) is 0. The second-order valence-corrected chi connectivity index (χ2v) is 4.95. The molecule has 0 saturated heterocycles. The predicted octanol–water partition coefficient (Wildman–Crippen LogP) is 3.33. The lowest BCUT2D eigenvalue weighted by molar-refractivity contribution is 0.394. The minimum absolute atomic E-state index is 0.492. The number of hydrogen-bond acceptors (Lipinski definition) is 3. The molecule has 0 fully saturated rings. The Morgan fingerprint density at radius 3 is 2.71 bits per heavy atom. The summed E-state index contributed by atoms with van der Waals surface area (Å²) in [5, 5.41) is 1.46. The van der Waals surface area contributed by atoms with Gasteiger partial charge in [0.1, 0.15) is 5.03 Å². The van der Waals surface area contributed by atoms with E-state index >= 15 is 0 Å². The normalized spacial score (nSPS) is 10.6. The molecule has 0 aliphatic heterocycles. The van der Waals surface area contributed by atoms with Gasteiger partial charge in [0.2, 0.25) is 5.88 Å². The number of rotatable bonds is 4. The Kier molecular flexibility index (Phi) is 4.55. The fraction of sp³-hybridized carbons (Fsp3) is 0.500. The molecule has 2 nitrogen and oxygen atoms in total. The summed E-state index contributed by atoms with van der Waals surface area (Å²) in [6.45, 7) is 4.26. The van der Waals surface area contributed by atoms with Crippen molar-refractivity contribution in [3.05, 3.63) is 17.7 Å². The van der Waals surface area contributed by atoms with Crippen molar-refractivity contribution in [2.24, 2.45) is 0 Å². The van der Waals surface area contributed by atoms with Crippen molar-refractivity contribution in [3.63, 3.8) is 0 Å². The minimum atomic E-state index is 0.492. The van der Waals surface area contributed by atoms with Gasteiger partial charge in [-0.25, -0.2) is 4.98 Å². The second kappa shape index (κ2) is 5.47. The number of alkyl halides is 1. The van der Waals surface area contributed by atoms with Crippen molar-refractivity contribution in [3.8, 4) is 5.88 Å². The van der Waals surface area contributed by atoms with Gasteiger partial charge < -0.3 is 4.74 Å². The van der Waals surface area contributed by atoms with E-state index in [4.69, 9.17) is 16.3 Å². The van der Waals surface area contributed by atoms with Crippen molar-refractivity contribution in [1.82, 2.24) is 4.98 Å². The Morgan fingerprint density at radius 1 is 1.50 bits per heavy atom. The summed E-state index contributed by atoms with van der Waals surface area (Å²) in [6.07, 6.45) is 0. The molecule has 0 aliphatic rings. The topological polar surface area (TPSA) is 22.1 Å². The highest BCUT2D eigenvalue weighted by molar-refractivity contribution is 7.99. The largest absolute Gasteiger partial charge is 0.481 e. The maximum absolute atomic E-state index is 5.82. The van der Waals surface area contributed by atoms with Crippen LogP contribution in [0.1, 0.15) is 19.4 Å². The number of halogens is 1. The molecule has 1 aromatic rings. The third-order valence-electron chi connectivity index (χ3n) is 1.61. The first-order valence-electron chi connectivity index (χ1n) is 4.44. The van der Waals surface area contributed by atoms with Crippen molar-refractivity contribution >= 4 is 23.4 Å². The predicted molar refractivity (Wildman–Crippen MR) is 61.3 cm³/mol. The molecule has 0 N–H and O–H groups in total. The van der Waals surface area contributed by atoms with Crippen LogP contribution in [0.5, 0.6) is 5.88 Å². The van der Waals surface area contributed by atoms with Gasteiger partial charge in [-0.1, -0.05) is 13.8 Å². The first-order chi connectivity index (χ1) is 6.67. The summed E-state index contributed by atoms with van der Waals surface area (Å²) in [5.41, 5.74) is 1.06. The number of methoxy groups -OCH3 is 1. The summed E-state index contributed by atoms with van der Waals surface area (Å²) in [7, 11) is 1.62. The highest BCUT2D eigenvalue weighted by Gasteiger charge is 2.07. The van der Waals surface area contributed by atoms with Crippen LogP contribution in [0.3, 0.4) is 0 Å². The molecule has 0 atom stereocenters. The lowest BCUT2D eigenvalue weighted by atomic mass is 10.3. The SMILES string of the molecule is COc1ccc(CCl)c(SC(C)C)n1. The van der Waals surface area contributed by atoms with Crippen molar-refractivity contribution in [2.75, 3.05) is 7.11 Å². The van der Waals surface area contributed by atoms with Crippen LogP contribution in [-0.2, 0) is 5.88 Å². The summed E-state index contributed by atoms with van der Waals surface area (Å²) in [6, 6.07) is 3.80. The molecule has 0 bridgehead atoms. The average molecular weight is 232 g/mol. The average Bonchev–Trinajstić information content (AvgIpc) is 2.16.